The number of hydrogen-bond donors (Lipinski definition) is 1. The minimum atomic E-state index is -0.125. The largest absolute Gasteiger partial charge is 0.469 e. The molecule has 3 heteroatoms. The highest BCUT2D eigenvalue weighted by atomic mass is 16.5. The van der Waals surface area contributed by atoms with E-state index in [0.717, 1.165) is 32.1 Å². The van der Waals surface area contributed by atoms with Crippen LogP contribution in [0.2, 0.25) is 0 Å². The topological polar surface area (TPSA) is 46.5 Å². The zero-order valence-corrected chi connectivity index (χ0v) is 11.8. The number of esters is 1. The Morgan fingerprint density at radius 3 is 2.35 bits per heavy atom. The third-order valence-electron chi connectivity index (χ3n) is 2.91. The lowest BCUT2D eigenvalue weighted by atomic mass is 9.81. The van der Waals surface area contributed by atoms with Crippen LogP contribution < -0.4 is 0 Å². The molecule has 0 aromatic carbocycles. The van der Waals surface area contributed by atoms with Crippen LogP contribution >= 0.6 is 0 Å². The maximum absolute atomic E-state index is 10.9. The summed E-state index contributed by atoms with van der Waals surface area (Å²) in [5.74, 6) is 0.442. The van der Waals surface area contributed by atoms with Gasteiger partial charge in [-0.1, -0.05) is 33.6 Å². The number of methoxy groups -OCH3 is 1. The molecule has 102 valence electrons. The van der Waals surface area contributed by atoms with Gasteiger partial charge in [-0.3, -0.25) is 4.79 Å². The molecule has 0 aromatic rings. The van der Waals surface area contributed by atoms with Crippen molar-refractivity contribution in [2.45, 2.75) is 59.3 Å². The lowest BCUT2D eigenvalue weighted by molar-refractivity contribution is -0.140. The number of ether oxygens (including phenoxy) is 1. The molecule has 3 nitrogen and oxygen atoms in total. The third kappa shape index (κ3) is 10.3. The van der Waals surface area contributed by atoms with Crippen LogP contribution in [0.5, 0.6) is 0 Å². The van der Waals surface area contributed by atoms with Gasteiger partial charge in [-0.15, -0.1) is 0 Å². The van der Waals surface area contributed by atoms with E-state index >= 15 is 0 Å². The van der Waals surface area contributed by atoms with Crippen molar-refractivity contribution in [3.8, 4) is 0 Å². The molecule has 0 saturated heterocycles. The van der Waals surface area contributed by atoms with Crippen LogP contribution in [0.25, 0.3) is 0 Å². The third-order valence-corrected chi connectivity index (χ3v) is 2.91. The highest BCUT2D eigenvalue weighted by Gasteiger charge is 2.18. The Kier molecular flexibility index (Phi) is 8.23. The van der Waals surface area contributed by atoms with E-state index < -0.39 is 0 Å². The fourth-order valence-electron chi connectivity index (χ4n) is 2.20. The second kappa shape index (κ2) is 8.51. The molecule has 0 aliphatic carbocycles. The van der Waals surface area contributed by atoms with Gasteiger partial charge < -0.3 is 9.84 Å². The average Bonchev–Trinajstić information content (AvgIpc) is 2.22. The SMILES string of the molecule is COC(=O)CCCC[C@@H](CCO)CC(C)(C)C. The quantitative estimate of drug-likeness (QED) is 0.527. The molecule has 0 aromatic heterocycles. The predicted octanol–water partition coefficient (Wildman–Crippen LogP) is 3.15. The lowest BCUT2D eigenvalue weighted by Crippen LogP contribution is -2.14. The zero-order valence-electron chi connectivity index (χ0n) is 11.8. The summed E-state index contributed by atoms with van der Waals surface area (Å²) in [6.07, 6.45) is 5.53. The number of carbonyl (C=O) groups excluding carboxylic acids is 1. The fraction of sp³-hybridized carbons (Fsp3) is 0.929. The highest BCUT2D eigenvalue weighted by molar-refractivity contribution is 5.68. The smallest absolute Gasteiger partial charge is 0.305 e. The molecule has 0 amide bonds. The van der Waals surface area contributed by atoms with Crippen LogP contribution in [0.1, 0.15) is 59.3 Å². The first-order valence-corrected chi connectivity index (χ1v) is 6.56. The van der Waals surface area contributed by atoms with Crippen LogP contribution in [0, 0.1) is 11.3 Å². The van der Waals surface area contributed by atoms with E-state index in [9.17, 15) is 4.79 Å². The molecule has 0 spiro atoms. The molecule has 0 saturated carbocycles. The van der Waals surface area contributed by atoms with Crippen molar-refractivity contribution in [1.29, 1.82) is 0 Å². The summed E-state index contributed by atoms with van der Waals surface area (Å²) in [7, 11) is 1.43. The standard InChI is InChI=1S/C14H28O3/c1-14(2,3)11-12(9-10-15)7-5-6-8-13(16)17-4/h12,15H,5-11H2,1-4H3/t12-/m0/s1. The van der Waals surface area contributed by atoms with E-state index in [4.69, 9.17) is 5.11 Å². The molecular formula is C14H28O3. The summed E-state index contributed by atoms with van der Waals surface area (Å²) < 4.78 is 4.61. The number of hydrogen-bond acceptors (Lipinski definition) is 3. The van der Waals surface area contributed by atoms with E-state index in [1.54, 1.807) is 0 Å². The van der Waals surface area contributed by atoms with Crippen LogP contribution in [0.15, 0.2) is 0 Å². The summed E-state index contributed by atoms with van der Waals surface area (Å²) in [5, 5.41) is 9.04. The first-order chi connectivity index (χ1) is 7.89. The van der Waals surface area contributed by atoms with Gasteiger partial charge in [0.15, 0.2) is 0 Å². The van der Waals surface area contributed by atoms with Crippen molar-refractivity contribution in [3.63, 3.8) is 0 Å². The van der Waals surface area contributed by atoms with Gasteiger partial charge in [-0.05, 0) is 30.6 Å². The maximum Gasteiger partial charge on any atom is 0.305 e. The molecule has 0 unspecified atom stereocenters. The maximum atomic E-state index is 10.9. The van der Waals surface area contributed by atoms with Crippen molar-refractivity contribution in [1.82, 2.24) is 0 Å². The van der Waals surface area contributed by atoms with Crippen molar-refractivity contribution in [2.24, 2.45) is 11.3 Å². The zero-order chi connectivity index (χ0) is 13.3. The first kappa shape index (κ1) is 16.4. The fourth-order valence-corrected chi connectivity index (χ4v) is 2.20. The molecule has 0 rings (SSSR count). The Bertz CT molecular complexity index is 206. The van der Waals surface area contributed by atoms with Crippen molar-refractivity contribution >= 4 is 5.97 Å². The Labute approximate surface area is 106 Å². The Balaban J connectivity index is 3.81. The summed E-state index contributed by atoms with van der Waals surface area (Å²) in [5.41, 5.74) is 0.308. The Hall–Kier alpha value is -0.570. The van der Waals surface area contributed by atoms with Crippen LogP contribution in [0.4, 0.5) is 0 Å². The minimum absolute atomic E-state index is 0.125. The van der Waals surface area contributed by atoms with E-state index in [0.29, 0.717) is 17.8 Å². The molecule has 0 radical (unpaired) electrons. The highest BCUT2D eigenvalue weighted by Crippen LogP contribution is 2.29. The summed E-state index contributed by atoms with van der Waals surface area (Å²) in [4.78, 5) is 10.9. The van der Waals surface area contributed by atoms with Gasteiger partial charge in [-0.2, -0.15) is 0 Å². The molecule has 0 aliphatic heterocycles. The van der Waals surface area contributed by atoms with Gasteiger partial charge in [0.1, 0.15) is 0 Å². The van der Waals surface area contributed by atoms with E-state index in [1.807, 2.05) is 0 Å². The van der Waals surface area contributed by atoms with Crippen molar-refractivity contribution in [2.75, 3.05) is 13.7 Å². The van der Waals surface area contributed by atoms with E-state index in [2.05, 4.69) is 25.5 Å². The monoisotopic (exact) mass is 244 g/mol. The summed E-state index contributed by atoms with van der Waals surface area (Å²) >= 11 is 0. The molecule has 0 bridgehead atoms. The normalized spacial score (nSPS) is 13.5. The van der Waals surface area contributed by atoms with Crippen molar-refractivity contribution < 1.29 is 14.6 Å². The second-order valence-electron chi connectivity index (χ2n) is 5.97. The molecule has 0 fully saturated rings. The van der Waals surface area contributed by atoms with Crippen LogP contribution in [0.3, 0.4) is 0 Å². The Morgan fingerprint density at radius 1 is 1.24 bits per heavy atom. The first-order valence-electron chi connectivity index (χ1n) is 6.56. The lowest BCUT2D eigenvalue weighted by Gasteiger charge is -2.25. The summed E-state index contributed by atoms with van der Waals surface area (Å²) in [6, 6.07) is 0. The van der Waals surface area contributed by atoms with Gasteiger partial charge in [0.05, 0.1) is 7.11 Å². The van der Waals surface area contributed by atoms with Crippen LogP contribution in [-0.2, 0) is 9.53 Å². The van der Waals surface area contributed by atoms with Gasteiger partial charge in [-0.25, -0.2) is 0 Å². The van der Waals surface area contributed by atoms with Gasteiger partial charge in [0.2, 0.25) is 0 Å². The molecule has 0 heterocycles. The molecule has 0 aliphatic rings. The van der Waals surface area contributed by atoms with E-state index in [-0.39, 0.29) is 12.6 Å². The number of aliphatic hydroxyl groups is 1. The molecule has 17 heavy (non-hydrogen) atoms. The molecule has 1 atom stereocenters. The van der Waals surface area contributed by atoms with Gasteiger partial charge in [0, 0.05) is 13.0 Å². The Morgan fingerprint density at radius 2 is 1.88 bits per heavy atom. The summed E-state index contributed by atoms with van der Waals surface area (Å²) in [6.45, 7) is 6.95. The van der Waals surface area contributed by atoms with Gasteiger partial charge >= 0.3 is 5.97 Å². The average molecular weight is 244 g/mol. The predicted molar refractivity (Wildman–Crippen MR) is 69.7 cm³/mol. The minimum Gasteiger partial charge on any atom is -0.469 e. The number of aliphatic hydroxyl groups excluding tert-OH is 1. The second-order valence-corrected chi connectivity index (χ2v) is 5.97. The number of carbonyl (C=O) groups is 1. The van der Waals surface area contributed by atoms with E-state index in [1.165, 1.54) is 7.11 Å². The van der Waals surface area contributed by atoms with Gasteiger partial charge in [0.25, 0.3) is 0 Å². The van der Waals surface area contributed by atoms with Crippen molar-refractivity contribution in [3.05, 3.63) is 0 Å². The number of rotatable bonds is 8. The number of unbranched alkanes of at least 4 members (excludes halogenated alkanes) is 1. The molecule has 1 N–H and O–H groups in total. The van der Waals surface area contributed by atoms with Crippen LogP contribution in [-0.4, -0.2) is 24.8 Å². The molecular weight excluding hydrogens is 216 g/mol.